The third kappa shape index (κ3) is 7.26. The van der Waals surface area contributed by atoms with Crippen molar-refractivity contribution in [2.75, 3.05) is 39.1 Å². The molecule has 1 aliphatic carbocycles. The molecule has 0 bridgehead atoms. The van der Waals surface area contributed by atoms with Crippen molar-refractivity contribution < 1.29 is 38.1 Å². The number of Topliss-reactive ketones (excluding diaryl/α,β-unsaturated/α-hetero) is 1. The van der Waals surface area contributed by atoms with Crippen LogP contribution >= 0.6 is 11.6 Å². The SMILES string of the molecule is CN(C)C(=O)COC(OC1CCC(C)(C(=O)O)CC1)(C(=O)Cc1cc(Cl)c(NC(=O)c2cn(C)c3ccccc23)cc1F)N1CCCC1. The molecule has 1 unspecified atom stereocenters. The third-order valence-electron chi connectivity index (χ3n) is 9.52. The Bertz CT molecular complexity index is 1710. The predicted molar refractivity (Wildman–Crippen MR) is 178 cm³/mol. The summed E-state index contributed by atoms with van der Waals surface area (Å²) in [6.45, 7) is 2.13. The molecule has 2 aliphatic rings. The first-order chi connectivity index (χ1) is 22.7. The number of aryl methyl sites for hydroxylation is 1. The summed E-state index contributed by atoms with van der Waals surface area (Å²) in [6.07, 6.45) is 3.60. The lowest BCUT2D eigenvalue weighted by Gasteiger charge is -2.44. The number of fused-ring (bicyclic) bond motifs is 1. The second-order valence-corrected chi connectivity index (χ2v) is 13.6. The molecule has 1 saturated heterocycles. The van der Waals surface area contributed by atoms with Crippen LogP contribution in [0.1, 0.15) is 61.4 Å². The fourth-order valence-corrected chi connectivity index (χ4v) is 6.66. The highest BCUT2D eigenvalue weighted by atomic mass is 35.5. The van der Waals surface area contributed by atoms with Gasteiger partial charge in [0.05, 0.1) is 27.8 Å². The first-order valence-corrected chi connectivity index (χ1v) is 16.5. The average Bonchev–Trinajstić information content (AvgIpc) is 3.71. The maximum absolute atomic E-state index is 15.7. The summed E-state index contributed by atoms with van der Waals surface area (Å²) in [6, 6.07) is 9.78. The van der Waals surface area contributed by atoms with E-state index in [0.29, 0.717) is 44.3 Å². The van der Waals surface area contributed by atoms with Gasteiger partial charge in [0.15, 0.2) is 0 Å². The first-order valence-electron chi connectivity index (χ1n) is 16.1. The number of para-hydroxylation sites is 1. The van der Waals surface area contributed by atoms with E-state index in [4.69, 9.17) is 21.1 Å². The molecule has 258 valence electrons. The summed E-state index contributed by atoms with van der Waals surface area (Å²) in [7, 11) is 4.96. The van der Waals surface area contributed by atoms with E-state index in [1.54, 1.807) is 32.1 Å². The molecule has 2 amide bonds. The van der Waals surface area contributed by atoms with Crippen molar-refractivity contribution in [3.8, 4) is 0 Å². The third-order valence-corrected chi connectivity index (χ3v) is 9.83. The Kier molecular flexibility index (Phi) is 10.6. The van der Waals surface area contributed by atoms with E-state index in [9.17, 15) is 24.3 Å². The number of ketones is 1. The van der Waals surface area contributed by atoms with Crippen molar-refractivity contribution in [1.29, 1.82) is 0 Å². The number of benzene rings is 2. The van der Waals surface area contributed by atoms with Crippen LogP contribution in [0, 0.1) is 11.2 Å². The quantitative estimate of drug-likeness (QED) is 0.248. The van der Waals surface area contributed by atoms with Gasteiger partial charge >= 0.3 is 5.97 Å². The number of carbonyl (C=O) groups is 4. The van der Waals surface area contributed by atoms with Gasteiger partial charge in [0.25, 0.3) is 11.8 Å². The van der Waals surface area contributed by atoms with Gasteiger partial charge in [0.2, 0.25) is 11.7 Å². The predicted octanol–water partition coefficient (Wildman–Crippen LogP) is 5.24. The number of likely N-dealkylation sites (N-methyl/N-ethyl adjacent to an activating group) is 1. The summed E-state index contributed by atoms with van der Waals surface area (Å²) in [5, 5.41) is 13.2. The van der Waals surface area contributed by atoms with Crippen molar-refractivity contribution in [3.05, 3.63) is 64.6 Å². The monoisotopic (exact) mass is 684 g/mol. The number of hydrogen-bond donors (Lipinski definition) is 2. The molecule has 1 aromatic heterocycles. The molecule has 11 nitrogen and oxygen atoms in total. The van der Waals surface area contributed by atoms with E-state index in [2.05, 4.69) is 5.32 Å². The molecule has 2 N–H and O–H groups in total. The van der Waals surface area contributed by atoms with Crippen LogP contribution in [0.3, 0.4) is 0 Å². The number of carbonyl (C=O) groups excluding carboxylic acids is 3. The fourth-order valence-electron chi connectivity index (χ4n) is 6.42. The Morgan fingerprint density at radius 2 is 1.79 bits per heavy atom. The molecule has 3 aromatic rings. The molecule has 0 radical (unpaired) electrons. The lowest BCUT2D eigenvalue weighted by molar-refractivity contribution is -0.310. The largest absolute Gasteiger partial charge is 0.481 e. The zero-order valence-electron chi connectivity index (χ0n) is 27.7. The summed E-state index contributed by atoms with van der Waals surface area (Å²) >= 11 is 6.56. The summed E-state index contributed by atoms with van der Waals surface area (Å²) in [5.41, 5.74) is 0.349. The number of nitrogens with one attached hydrogen (secondary N) is 1. The van der Waals surface area contributed by atoms with Crippen molar-refractivity contribution in [2.24, 2.45) is 12.5 Å². The molecule has 1 atom stereocenters. The van der Waals surface area contributed by atoms with Gasteiger partial charge in [-0.15, -0.1) is 0 Å². The summed E-state index contributed by atoms with van der Waals surface area (Å²) < 4.78 is 30.2. The van der Waals surface area contributed by atoms with Gasteiger partial charge in [0.1, 0.15) is 12.4 Å². The maximum atomic E-state index is 15.7. The van der Waals surface area contributed by atoms with E-state index >= 15 is 4.39 Å². The lowest BCUT2D eigenvalue weighted by atomic mass is 9.75. The average molecular weight is 685 g/mol. The second-order valence-electron chi connectivity index (χ2n) is 13.2. The molecule has 48 heavy (non-hydrogen) atoms. The van der Waals surface area contributed by atoms with Crippen LogP contribution in [0.4, 0.5) is 10.1 Å². The Labute approximate surface area is 283 Å². The van der Waals surface area contributed by atoms with Gasteiger partial charge in [-0.05, 0) is 69.2 Å². The minimum Gasteiger partial charge on any atom is -0.481 e. The minimum absolute atomic E-state index is 0.0319. The number of rotatable bonds is 12. The lowest BCUT2D eigenvalue weighted by Crippen LogP contribution is -2.60. The number of aromatic nitrogens is 1. The number of anilines is 1. The Morgan fingerprint density at radius 3 is 2.44 bits per heavy atom. The van der Waals surface area contributed by atoms with Crippen LogP contribution in [0.5, 0.6) is 0 Å². The number of carboxylic acid groups (broad SMARTS) is 1. The zero-order chi connectivity index (χ0) is 34.8. The number of carboxylic acids is 1. The smallest absolute Gasteiger partial charge is 0.309 e. The van der Waals surface area contributed by atoms with Crippen LogP contribution in [0.15, 0.2) is 42.6 Å². The second kappa shape index (κ2) is 14.3. The van der Waals surface area contributed by atoms with Crippen molar-refractivity contribution in [2.45, 2.75) is 63.9 Å². The van der Waals surface area contributed by atoms with Crippen LogP contribution < -0.4 is 5.32 Å². The molecule has 1 aliphatic heterocycles. The van der Waals surface area contributed by atoms with Crippen molar-refractivity contribution >= 4 is 51.8 Å². The van der Waals surface area contributed by atoms with Crippen molar-refractivity contribution in [3.63, 3.8) is 0 Å². The number of amides is 2. The standard InChI is InChI=1S/C35H42ClFN4O7/c1-34(33(45)46)13-11-23(12-14-34)48-35(41-15-7-8-16-41,47-21-31(43)39(2)3)30(42)18-22-17-26(36)28(19-27(22)37)38-32(44)25-20-40(4)29-10-6-5-9-24(25)29/h5-6,9-10,17,19-20,23H,7-8,11-16,18,21H2,1-4H3,(H,38,44)(H,45,46). The highest BCUT2D eigenvalue weighted by molar-refractivity contribution is 6.34. The van der Waals surface area contributed by atoms with E-state index in [0.717, 1.165) is 29.8 Å². The summed E-state index contributed by atoms with van der Waals surface area (Å²) in [5.74, 6) is -5.15. The molecule has 5 rings (SSSR count). The Morgan fingerprint density at radius 1 is 1.12 bits per heavy atom. The molecular weight excluding hydrogens is 643 g/mol. The number of ether oxygens (including phenoxy) is 2. The number of likely N-dealkylation sites (tertiary alicyclic amines) is 1. The Hall–Kier alpha value is -3.84. The van der Waals surface area contributed by atoms with Crippen LogP contribution in [0.2, 0.25) is 5.02 Å². The molecule has 0 spiro atoms. The highest BCUT2D eigenvalue weighted by Gasteiger charge is 2.51. The molecule has 1 saturated carbocycles. The number of halogens is 2. The van der Waals surface area contributed by atoms with Gasteiger partial charge in [-0.3, -0.25) is 19.2 Å². The molecule has 13 heteroatoms. The topological polar surface area (TPSA) is 130 Å². The van der Waals surface area contributed by atoms with Crippen LogP contribution in [0.25, 0.3) is 10.9 Å². The highest BCUT2D eigenvalue weighted by Crippen LogP contribution is 2.40. The van der Waals surface area contributed by atoms with E-state index < -0.39 is 59.8 Å². The van der Waals surface area contributed by atoms with Crippen molar-refractivity contribution in [1.82, 2.24) is 14.4 Å². The van der Waals surface area contributed by atoms with Gasteiger partial charge in [-0.25, -0.2) is 9.29 Å². The summed E-state index contributed by atoms with van der Waals surface area (Å²) in [4.78, 5) is 55.2. The molecule has 2 heterocycles. The number of nitrogens with zero attached hydrogens (tertiary/aromatic N) is 3. The zero-order valence-corrected chi connectivity index (χ0v) is 28.4. The molecule has 2 aromatic carbocycles. The van der Waals surface area contributed by atoms with E-state index in [-0.39, 0.29) is 16.3 Å². The van der Waals surface area contributed by atoms with Gasteiger partial charge in [-0.2, -0.15) is 0 Å². The first kappa shape index (κ1) is 35.5. The minimum atomic E-state index is -2.01. The van der Waals surface area contributed by atoms with Crippen LogP contribution in [-0.4, -0.2) is 88.8 Å². The van der Waals surface area contributed by atoms with Gasteiger partial charge < -0.3 is 29.4 Å². The Balaban J connectivity index is 1.41. The van der Waals surface area contributed by atoms with Gasteiger partial charge in [-0.1, -0.05) is 29.8 Å². The van der Waals surface area contributed by atoms with Gasteiger partial charge in [0, 0.05) is 57.8 Å². The van der Waals surface area contributed by atoms with Crippen LogP contribution in [-0.2, 0) is 37.3 Å². The van der Waals surface area contributed by atoms with E-state index in [1.807, 2.05) is 35.9 Å². The normalized spacial score (nSPS) is 21.2. The fraction of sp³-hybridized carbons (Fsp3) is 0.486. The number of aliphatic carboxylic acids is 1. The molecular formula is C35H42ClFN4O7. The molecule has 2 fully saturated rings. The maximum Gasteiger partial charge on any atom is 0.309 e. The number of hydrogen-bond acceptors (Lipinski definition) is 7. The van der Waals surface area contributed by atoms with E-state index in [1.165, 1.54) is 11.0 Å².